The fourth-order valence-electron chi connectivity index (χ4n) is 4.18. The van der Waals surface area contributed by atoms with Crippen LogP contribution in [0.1, 0.15) is 40.8 Å². The number of nitrogens with zero attached hydrogens (tertiary/aromatic N) is 4. The largest absolute Gasteiger partial charge is 0.462 e. The maximum atomic E-state index is 15.9. The van der Waals surface area contributed by atoms with Crippen LogP contribution in [0.25, 0.3) is 11.2 Å². The third-order valence-electron chi connectivity index (χ3n) is 6.11. The van der Waals surface area contributed by atoms with Gasteiger partial charge in [0, 0.05) is 6.54 Å². The van der Waals surface area contributed by atoms with E-state index in [2.05, 4.69) is 25.4 Å². The number of para-hydroxylation sites is 1. The molecule has 218 valence electrons. The number of benzene rings is 1. The van der Waals surface area contributed by atoms with Gasteiger partial charge in [0.15, 0.2) is 28.9 Å². The summed E-state index contributed by atoms with van der Waals surface area (Å²) in [6.45, 7) is 7.94. The highest BCUT2D eigenvalue weighted by Gasteiger charge is 2.56. The third kappa shape index (κ3) is 6.42. The summed E-state index contributed by atoms with van der Waals surface area (Å²) in [4.78, 5) is 25.0. The second-order valence-electron chi connectivity index (χ2n) is 9.73. The Balaban J connectivity index is 1.54. The van der Waals surface area contributed by atoms with Crippen molar-refractivity contribution in [2.45, 2.75) is 70.9 Å². The molecule has 3 heterocycles. The number of halogens is 1. The van der Waals surface area contributed by atoms with E-state index in [0.29, 0.717) is 23.5 Å². The Morgan fingerprint density at radius 1 is 1.25 bits per heavy atom. The van der Waals surface area contributed by atoms with Crippen molar-refractivity contribution in [2.75, 3.05) is 18.5 Å². The summed E-state index contributed by atoms with van der Waals surface area (Å²) in [5.41, 5.74) is -1.60. The predicted octanol–water partition coefficient (Wildman–Crippen LogP) is 3.38. The number of aromatic nitrogens is 4. The molecule has 6 atom stereocenters. The number of esters is 1. The Morgan fingerprint density at radius 3 is 2.65 bits per heavy atom. The smallest absolute Gasteiger partial charge is 0.459 e. The molecule has 0 saturated carbocycles. The van der Waals surface area contributed by atoms with E-state index < -0.39 is 56.6 Å². The standard InChI is InChI=1S/C25H34FN6O7P/c1-6-27-21-19-22(29-13-28-21)32(14-30-19)24-25(5,26)20(33)18(38-24)12-36-40(35,39-17-10-8-7-9-11-17)31-16(4)23(34)37-15(2)3/h7-11,13-16,18,20,24,33H,6,12H2,1-5H3,(H,31,35)(H,27,28,29)/t16-,18+,20+,24+,25+,40-/m0/s1. The summed E-state index contributed by atoms with van der Waals surface area (Å²) in [6, 6.07) is 7.11. The van der Waals surface area contributed by atoms with Crippen molar-refractivity contribution in [3.8, 4) is 5.75 Å². The monoisotopic (exact) mass is 580 g/mol. The van der Waals surface area contributed by atoms with Crippen LogP contribution < -0.4 is 14.9 Å². The molecule has 0 aliphatic carbocycles. The van der Waals surface area contributed by atoms with Crippen LogP contribution in [0.4, 0.5) is 10.2 Å². The molecule has 0 radical (unpaired) electrons. The van der Waals surface area contributed by atoms with E-state index in [1.807, 2.05) is 6.92 Å². The number of carbonyl (C=O) groups is 1. The first kappa shape index (κ1) is 29.8. The summed E-state index contributed by atoms with van der Waals surface area (Å²) in [5, 5.41) is 16.5. The van der Waals surface area contributed by atoms with Gasteiger partial charge in [-0.3, -0.25) is 13.9 Å². The molecule has 15 heteroatoms. The maximum Gasteiger partial charge on any atom is 0.459 e. The number of alkyl halides is 1. The summed E-state index contributed by atoms with van der Waals surface area (Å²) >= 11 is 0. The van der Waals surface area contributed by atoms with E-state index in [1.165, 1.54) is 31.1 Å². The fraction of sp³-hybridized carbons (Fsp3) is 0.520. The number of hydrogen-bond donors (Lipinski definition) is 3. The van der Waals surface area contributed by atoms with E-state index >= 15 is 4.39 Å². The van der Waals surface area contributed by atoms with Crippen molar-refractivity contribution in [3.05, 3.63) is 43.0 Å². The van der Waals surface area contributed by atoms with E-state index in [-0.39, 0.29) is 5.75 Å². The molecule has 0 amide bonds. The van der Waals surface area contributed by atoms with Gasteiger partial charge in [-0.2, -0.15) is 5.09 Å². The molecule has 40 heavy (non-hydrogen) atoms. The Bertz CT molecular complexity index is 1360. The van der Waals surface area contributed by atoms with Gasteiger partial charge in [0.1, 0.15) is 30.3 Å². The van der Waals surface area contributed by atoms with Crippen LogP contribution in [0.3, 0.4) is 0 Å². The van der Waals surface area contributed by atoms with Crippen LogP contribution in [0, 0.1) is 0 Å². The first-order valence-corrected chi connectivity index (χ1v) is 14.4. The topological polar surface area (TPSA) is 159 Å². The van der Waals surface area contributed by atoms with Crippen molar-refractivity contribution in [1.29, 1.82) is 0 Å². The zero-order valence-electron chi connectivity index (χ0n) is 22.9. The van der Waals surface area contributed by atoms with Crippen LogP contribution in [0.5, 0.6) is 5.75 Å². The number of fused-ring (bicyclic) bond motifs is 1. The minimum absolute atomic E-state index is 0.199. The van der Waals surface area contributed by atoms with E-state index in [1.54, 1.807) is 44.2 Å². The summed E-state index contributed by atoms with van der Waals surface area (Å²) < 4.78 is 53.4. The van der Waals surface area contributed by atoms with Gasteiger partial charge in [0.2, 0.25) is 0 Å². The lowest BCUT2D eigenvalue weighted by Crippen LogP contribution is -2.41. The van der Waals surface area contributed by atoms with E-state index in [4.69, 9.17) is 18.5 Å². The average molecular weight is 581 g/mol. The van der Waals surface area contributed by atoms with Gasteiger partial charge in [-0.25, -0.2) is 23.9 Å². The molecule has 1 aliphatic heterocycles. The van der Waals surface area contributed by atoms with Gasteiger partial charge in [-0.05, 0) is 46.8 Å². The normalized spacial score (nSPS) is 25.1. The molecule has 1 fully saturated rings. The van der Waals surface area contributed by atoms with Crippen molar-refractivity contribution < 1.29 is 37.4 Å². The van der Waals surface area contributed by atoms with Gasteiger partial charge >= 0.3 is 13.7 Å². The van der Waals surface area contributed by atoms with Crippen LogP contribution >= 0.6 is 7.75 Å². The second kappa shape index (κ2) is 12.1. The molecule has 0 spiro atoms. The lowest BCUT2D eigenvalue weighted by Gasteiger charge is -2.25. The summed E-state index contributed by atoms with van der Waals surface area (Å²) in [5.74, 6) is 0.000266. The lowest BCUT2D eigenvalue weighted by atomic mass is 9.98. The van der Waals surface area contributed by atoms with Crippen LogP contribution in [-0.2, 0) is 23.4 Å². The van der Waals surface area contributed by atoms with Crippen LogP contribution in [0.2, 0.25) is 0 Å². The van der Waals surface area contributed by atoms with Crippen molar-refractivity contribution in [3.63, 3.8) is 0 Å². The number of ether oxygens (including phenoxy) is 2. The highest BCUT2D eigenvalue weighted by molar-refractivity contribution is 7.52. The minimum atomic E-state index is -4.26. The molecule has 1 saturated heterocycles. The highest BCUT2D eigenvalue weighted by Crippen LogP contribution is 2.48. The summed E-state index contributed by atoms with van der Waals surface area (Å²) in [6.07, 6.45) is -2.02. The van der Waals surface area contributed by atoms with Crippen LogP contribution in [0.15, 0.2) is 43.0 Å². The molecule has 1 aliphatic rings. The van der Waals surface area contributed by atoms with Crippen molar-refractivity contribution in [2.24, 2.45) is 0 Å². The van der Waals surface area contributed by atoms with Gasteiger partial charge in [-0.1, -0.05) is 18.2 Å². The minimum Gasteiger partial charge on any atom is -0.462 e. The van der Waals surface area contributed by atoms with E-state index in [0.717, 1.165) is 0 Å². The zero-order chi connectivity index (χ0) is 29.1. The molecule has 4 rings (SSSR count). The molecular formula is C25H34FN6O7P. The number of aliphatic hydroxyl groups excluding tert-OH is 1. The third-order valence-corrected chi connectivity index (χ3v) is 7.75. The Hall–Kier alpha value is -3.16. The Kier molecular flexibility index (Phi) is 9.06. The lowest BCUT2D eigenvalue weighted by molar-refractivity contribution is -0.149. The SMILES string of the molecule is CCNc1ncnc2c1ncn2[C@@H]1O[C@H](CO[P@@](=O)(N[C@@H](C)C(=O)OC(C)C)Oc2ccccc2)[C@@H](O)[C@@]1(C)F. The number of aliphatic hydroxyl groups is 1. The van der Waals surface area contributed by atoms with Gasteiger partial charge in [-0.15, -0.1) is 0 Å². The zero-order valence-corrected chi connectivity index (χ0v) is 23.7. The molecule has 3 N–H and O–H groups in total. The molecule has 2 aromatic heterocycles. The van der Waals surface area contributed by atoms with Gasteiger partial charge in [0.25, 0.3) is 0 Å². The van der Waals surface area contributed by atoms with Crippen molar-refractivity contribution >= 4 is 30.7 Å². The number of hydrogen-bond acceptors (Lipinski definition) is 11. The molecule has 3 aromatic rings. The Labute approximate surface area is 231 Å². The number of rotatable bonds is 12. The van der Waals surface area contributed by atoms with Crippen LogP contribution in [-0.4, -0.2) is 73.8 Å². The number of imidazole rings is 1. The second-order valence-corrected chi connectivity index (χ2v) is 11.4. The van der Waals surface area contributed by atoms with Gasteiger partial charge < -0.3 is 24.4 Å². The quantitative estimate of drug-likeness (QED) is 0.212. The number of carbonyl (C=O) groups excluding carboxylic acids is 1. The molecule has 0 bridgehead atoms. The summed E-state index contributed by atoms with van der Waals surface area (Å²) in [7, 11) is -4.26. The van der Waals surface area contributed by atoms with Crippen molar-refractivity contribution in [1.82, 2.24) is 24.6 Å². The molecule has 13 nitrogen and oxygen atoms in total. The predicted molar refractivity (Wildman–Crippen MR) is 143 cm³/mol. The number of nitrogens with one attached hydrogen (secondary N) is 2. The first-order valence-electron chi connectivity index (χ1n) is 12.9. The highest BCUT2D eigenvalue weighted by atomic mass is 31.2. The molecular weight excluding hydrogens is 546 g/mol. The molecule has 1 aromatic carbocycles. The average Bonchev–Trinajstić information content (AvgIpc) is 3.42. The molecule has 0 unspecified atom stereocenters. The van der Waals surface area contributed by atoms with Gasteiger partial charge in [0.05, 0.1) is 19.0 Å². The first-order chi connectivity index (χ1) is 18.9. The maximum absolute atomic E-state index is 15.9. The Morgan fingerprint density at radius 2 is 1.98 bits per heavy atom. The fourth-order valence-corrected chi connectivity index (χ4v) is 5.68. The van der Waals surface area contributed by atoms with E-state index in [9.17, 15) is 14.5 Å². The number of anilines is 1.